The third-order valence-corrected chi connectivity index (χ3v) is 10.4. The van der Waals surface area contributed by atoms with Gasteiger partial charge < -0.3 is 20.9 Å². The first-order valence-corrected chi connectivity index (χ1v) is 23.5. The molecule has 4 N–H and O–H groups in total. The molecule has 56 heavy (non-hydrogen) atoms. The number of hydrogen-bond donors (Lipinski definition) is 3. The molecule has 0 rings (SSSR count). The second-order valence-corrected chi connectivity index (χ2v) is 15.8. The van der Waals surface area contributed by atoms with E-state index in [2.05, 4.69) is 67.8 Å². The van der Waals surface area contributed by atoms with Crippen LogP contribution in [-0.2, 0) is 19.1 Å². The lowest BCUT2D eigenvalue weighted by molar-refractivity contribution is -0.150. The largest absolute Gasteiger partial charge is 0.480 e. The Morgan fingerprint density at radius 2 is 0.982 bits per heavy atom. The highest BCUT2D eigenvalue weighted by molar-refractivity contribution is 5.83. The number of hydrogen-bond acceptors (Lipinski definition) is 5. The van der Waals surface area contributed by atoms with Gasteiger partial charge in [-0.25, -0.2) is 4.79 Å². The van der Waals surface area contributed by atoms with Crippen LogP contribution in [0.15, 0.2) is 48.6 Å². The lowest BCUT2D eigenvalue weighted by atomic mass is 10.0. The van der Waals surface area contributed by atoms with Gasteiger partial charge in [-0.2, -0.15) is 0 Å². The van der Waals surface area contributed by atoms with Gasteiger partial charge in [0.15, 0.2) is 0 Å². The van der Waals surface area contributed by atoms with Crippen LogP contribution in [0.3, 0.4) is 0 Å². The number of carbonyl (C=O) groups is 3. The fourth-order valence-corrected chi connectivity index (χ4v) is 6.91. The molecule has 0 spiro atoms. The summed E-state index contributed by atoms with van der Waals surface area (Å²) in [6, 6.07) is -0.859. The van der Waals surface area contributed by atoms with E-state index in [0.29, 0.717) is 32.2 Å². The molecular formula is C49H88N2O5. The summed E-state index contributed by atoms with van der Waals surface area (Å²) in [6.07, 6.45) is 53.0. The molecule has 0 aliphatic carbocycles. The van der Waals surface area contributed by atoms with Crippen LogP contribution in [0, 0.1) is 0 Å². The van der Waals surface area contributed by atoms with Gasteiger partial charge in [0.05, 0.1) is 0 Å². The summed E-state index contributed by atoms with van der Waals surface area (Å²) >= 11 is 0. The molecule has 0 aromatic heterocycles. The van der Waals surface area contributed by atoms with Crippen LogP contribution in [0.4, 0.5) is 0 Å². The average Bonchev–Trinajstić information content (AvgIpc) is 3.18. The lowest BCUT2D eigenvalue weighted by Gasteiger charge is -2.18. The van der Waals surface area contributed by atoms with Gasteiger partial charge in [-0.3, -0.25) is 9.59 Å². The molecule has 7 nitrogen and oxygen atoms in total. The Morgan fingerprint density at radius 1 is 0.536 bits per heavy atom. The Labute approximate surface area is 345 Å². The van der Waals surface area contributed by atoms with Gasteiger partial charge in [0.2, 0.25) is 5.91 Å². The number of carbonyl (C=O) groups excluding carboxylic acids is 2. The fraction of sp³-hybridized carbons (Fsp3) is 0.776. The summed E-state index contributed by atoms with van der Waals surface area (Å²) < 4.78 is 6.06. The van der Waals surface area contributed by atoms with Gasteiger partial charge in [-0.05, 0) is 96.4 Å². The molecule has 1 amide bonds. The fourth-order valence-electron chi connectivity index (χ4n) is 6.91. The molecule has 0 saturated carbocycles. The summed E-state index contributed by atoms with van der Waals surface area (Å²) in [5.41, 5.74) is 5.49. The molecule has 0 aromatic rings. The number of ether oxygens (including phenoxy) is 1. The van der Waals surface area contributed by atoms with Crippen molar-refractivity contribution in [3.8, 4) is 0 Å². The van der Waals surface area contributed by atoms with E-state index in [1.54, 1.807) is 0 Å². The van der Waals surface area contributed by atoms with Gasteiger partial charge in [-0.1, -0.05) is 172 Å². The van der Waals surface area contributed by atoms with E-state index in [4.69, 9.17) is 10.5 Å². The highest BCUT2D eigenvalue weighted by Crippen LogP contribution is 2.19. The Hall–Kier alpha value is -2.67. The monoisotopic (exact) mass is 785 g/mol. The summed E-state index contributed by atoms with van der Waals surface area (Å²) in [7, 11) is 0. The minimum atomic E-state index is -1.01. The van der Waals surface area contributed by atoms with Crippen LogP contribution < -0.4 is 11.1 Å². The Balaban J connectivity index is 4.36. The molecule has 0 heterocycles. The number of aliphatic carboxylic acids is 1. The number of nitrogens with one attached hydrogen (secondary N) is 1. The van der Waals surface area contributed by atoms with Crippen molar-refractivity contribution in [3.63, 3.8) is 0 Å². The molecule has 0 saturated heterocycles. The highest BCUT2D eigenvalue weighted by atomic mass is 16.5. The Bertz CT molecular complexity index is 1020. The van der Waals surface area contributed by atoms with E-state index < -0.39 is 12.0 Å². The molecule has 2 unspecified atom stereocenters. The third kappa shape index (κ3) is 39.6. The molecule has 2 atom stereocenters. The second kappa shape index (κ2) is 43.5. The Morgan fingerprint density at radius 3 is 1.48 bits per heavy atom. The molecule has 324 valence electrons. The molecular weight excluding hydrogens is 697 g/mol. The van der Waals surface area contributed by atoms with Crippen molar-refractivity contribution >= 4 is 17.8 Å². The van der Waals surface area contributed by atoms with Crippen molar-refractivity contribution < 1.29 is 24.2 Å². The van der Waals surface area contributed by atoms with Gasteiger partial charge in [-0.15, -0.1) is 0 Å². The first kappa shape index (κ1) is 53.3. The van der Waals surface area contributed by atoms with Gasteiger partial charge >= 0.3 is 11.9 Å². The molecule has 0 aliphatic heterocycles. The summed E-state index contributed by atoms with van der Waals surface area (Å²) in [6.45, 7) is 4.84. The van der Waals surface area contributed by atoms with Gasteiger partial charge in [0.25, 0.3) is 0 Å². The second-order valence-electron chi connectivity index (χ2n) is 15.8. The number of allylic oxidation sites excluding steroid dienone is 8. The standard InChI is InChI=1S/C49H88N2O5/c1-3-5-7-9-11-13-15-17-18-19-20-22-24-26-28-33-37-43-48(53)56-45(39-34-30-27-25-23-21-16-14-12-10-8-6-4-2)40-35-31-29-32-36-42-47(52)51-46(49(54)55)41-38-44-50/h5,7,11,13,17-18,20,22,45-46H,3-4,6,8-10,12,14-16,19,21,23-44,50H2,1-2H3,(H,51,52)(H,54,55)/b7-5-,13-11-,18-17-,22-20-. The third-order valence-electron chi connectivity index (χ3n) is 10.4. The van der Waals surface area contributed by atoms with E-state index >= 15 is 0 Å². The number of unbranched alkanes of at least 4 members (excludes halogenated alkanes) is 20. The maximum absolute atomic E-state index is 12.8. The summed E-state index contributed by atoms with van der Waals surface area (Å²) in [4.78, 5) is 36.5. The van der Waals surface area contributed by atoms with E-state index in [1.165, 1.54) is 77.0 Å². The number of carboxylic acid groups (broad SMARTS) is 1. The number of esters is 1. The van der Waals surface area contributed by atoms with Crippen LogP contribution in [0.5, 0.6) is 0 Å². The van der Waals surface area contributed by atoms with Crippen LogP contribution >= 0.6 is 0 Å². The molecule has 0 radical (unpaired) electrons. The zero-order valence-corrected chi connectivity index (χ0v) is 36.5. The highest BCUT2D eigenvalue weighted by Gasteiger charge is 2.19. The zero-order valence-electron chi connectivity index (χ0n) is 36.5. The summed E-state index contributed by atoms with van der Waals surface area (Å²) in [5.74, 6) is -1.25. The lowest BCUT2D eigenvalue weighted by Crippen LogP contribution is -2.40. The smallest absolute Gasteiger partial charge is 0.326 e. The minimum Gasteiger partial charge on any atom is -0.480 e. The first-order chi connectivity index (χ1) is 27.4. The van der Waals surface area contributed by atoms with Crippen LogP contribution in [0.2, 0.25) is 0 Å². The number of carboxylic acids is 1. The predicted octanol–water partition coefficient (Wildman–Crippen LogP) is 13.6. The van der Waals surface area contributed by atoms with Crippen molar-refractivity contribution in [2.45, 2.75) is 238 Å². The molecule has 0 aromatic carbocycles. The van der Waals surface area contributed by atoms with Crippen molar-refractivity contribution in [1.82, 2.24) is 5.32 Å². The first-order valence-electron chi connectivity index (χ1n) is 23.5. The van der Waals surface area contributed by atoms with Crippen molar-refractivity contribution in [2.24, 2.45) is 5.73 Å². The van der Waals surface area contributed by atoms with Gasteiger partial charge in [0.1, 0.15) is 12.1 Å². The van der Waals surface area contributed by atoms with Crippen molar-refractivity contribution in [1.29, 1.82) is 0 Å². The van der Waals surface area contributed by atoms with E-state index in [1.807, 2.05) is 0 Å². The van der Waals surface area contributed by atoms with E-state index in [9.17, 15) is 19.5 Å². The van der Waals surface area contributed by atoms with Gasteiger partial charge in [0, 0.05) is 12.8 Å². The van der Waals surface area contributed by atoms with Crippen LogP contribution in [-0.4, -0.2) is 41.6 Å². The minimum absolute atomic E-state index is 0.000571. The molecule has 0 bridgehead atoms. The quantitative estimate of drug-likeness (QED) is 0.0322. The normalized spacial score (nSPS) is 13.1. The maximum Gasteiger partial charge on any atom is 0.326 e. The number of rotatable bonds is 42. The number of amides is 1. The molecule has 0 fully saturated rings. The van der Waals surface area contributed by atoms with E-state index in [-0.39, 0.29) is 18.0 Å². The average molecular weight is 785 g/mol. The van der Waals surface area contributed by atoms with Crippen molar-refractivity contribution in [3.05, 3.63) is 48.6 Å². The van der Waals surface area contributed by atoms with Crippen LogP contribution in [0.1, 0.15) is 226 Å². The number of nitrogens with two attached hydrogens (primary N) is 1. The van der Waals surface area contributed by atoms with Crippen LogP contribution in [0.25, 0.3) is 0 Å². The summed E-state index contributed by atoms with van der Waals surface area (Å²) in [5, 5.41) is 12.0. The predicted molar refractivity (Wildman–Crippen MR) is 239 cm³/mol. The molecule has 0 aliphatic rings. The van der Waals surface area contributed by atoms with Crippen molar-refractivity contribution in [2.75, 3.05) is 6.54 Å². The topological polar surface area (TPSA) is 119 Å². The van der Waals surface area contributed by atoms with E-state index in [0.717, 1.165) is 109 Å². The molecule has 7 heteroatoms. The Kier molecular flexibility index (Phi) is 41.4. The maximum atomic E-state index is 12.8. The SMILES string of the molecule is CC/C=C\C/C=C\C/C=C\C/C=C\CCCCCCC(=O)OC(CCCCCCCCCCCCCCC)CCCCCCCC(=O)NC(CCCN)C(=O)O. The zero-order chi connectivity index (χ0) is 41.0.